The van der Waals surface area contributed by atoms with Crippen molar-refractivity contribution >= 4 is 21.8 Å². The highest BCUT2D eigenvalue weighted by Crippen LogP contribution is 2.25. The highest BCUT2D eigenvalue weighted by Gasteiger charge is 2.06. The van der Waals surface area contributed by atoms with Crippen molar-refractivity contribution in [3.05, 3.63) is 83.9 Å². The summed E-state index contributed by atoms with van der Waals surface area (Å²) >= 11 is 0. The van der Waals surface area contributed by atoms with Crippen molar-refractivity contribution in [1.82, 2.24) is 0 Å². The van der Waals surface area contributed by atoms with Gasteiger partial charge in [-0.25, -0.2) is 8.42 Å². The van der Waals surface area contributed by atoms with E-state index in [-0.39, 0.29) is 4.90 Å². The van der Waals surface area contributed by atoms with Gasteiger partial charge in [-0.15, -0.1) is 0 Å². The Labute approximate surface area is 176 Å². The van der Waals surface area contributed by atoms with Crippen LogP contribution in [-0.4, -0.2) is 26.6 Å². The van der Waals surface area contributed by atoms with E-state index in [2.05, 4.69) is 0 Å². The second kappa shape index (κ2) is 9.37. The second-order valence-corrected chi connectivity index (χ2v) is 8.71. The average Bonchev–Trinajstić information content (AvgIpc) is 2.74. The van der Waals surface area contributed by atoms with Crippen molar-refractivity contribution in [1.29, 1.82) is 10.8 Å². The summed E-state index contributed by atoms with van der Waals surface area (Å²) < 4.78 is 34.5. The van der Waals surface area contributed by atoms with E-state index in [9.17, 15) is 8.42 Å². The molecule has 3 rings (SSSR count). The van der Waals surface area contributed by atoms with Crippen LogP contribution < -0.4 is 9.47 Å². The van der Waals surface area contributed by atoms with Crippen molar-refractivity contribution in [2.45, 2.75) is 17.9 Å². The van der Waals surface area contributed by atoms with E-state index in [1.807, 2.05) is 0 Å². The fourth-order valence-corrected chi connectivity index (χ4v) is 3.31. The van der Waals surface area contributed by atoms with Crippen LogP contribution in [0.1, 0.15) is 17.5 Å². The van der Waals surface area contributed by atoms with E-state index in [1.54, 1.807) is 72.8 Å². The highest BCUT2D eigenvalue weighted by molar-refractivity contribution is 7.90. The summed E-state index contributed by atoms with van der Waals surface area (Å²) in [4.78, 5) is 0.285. The van der Waals surface area contributed by atoms with Gasteiger partial charge in [0, 0.05) is 24.6 Å². The minimum Gasteiger partial charge on any atom is -0.489 e. The molecule has 6 nitrogen and oxygen atoms in total. The Morgan fingerprint density at radius 3 is 1.93 bits per heavy atom. The summed E-state index contributed by atoms with van der Waals surface area (Å²) in [7, 11) is -3.20. The maximum Gasteiger partial charge on any atom is 0.175 e. The van der Waals surface area contributed by atoms with Crippen molar-refractivity contribution in [3.8, 4) is 17.2 Å². The van der Waals surface area contributed by atoms with E-state index in [0.29, 0.717) is 36.0 Å². The molecule has 0 aliphatic rings. The van der Waals surface area contributed by atoms with Crippen LogP contribution in [0.4, 0.5) is 0 Å². The first-order chi connectivity index (χ1) is 14.3. The van der Waals surface area contributed by atoms with Crippen LogP contribution in [-0.2, 0) is 16.4 Å². The van der Waals surface area contributed by atoms with Crippen LogP contribution in [0.3, 0.4) is 0 Å². The minimum absolute atomic E-state index is 0.285. The SMILES string of the molecule is CS(=O)(=O)c1ccc(COc2ccc(Oc3ccc(C(=N)CC=N)cc3)cc2)cc1. The van der Waals surface area contributed by atoms with Gasteiger partial charge in [-0.1, -0.05) is 12.1 Å². The maximum absolute atomic E-state index is 11.5. The summed E-state index contributed by atoms with van der Waals surface area (Å²) in [6, 6.07) is 21.0. The molecule has 3 aromatic carbocycles. The standard InChI is InChI=1S/C23H22N2O4S/c1-30(26,27)22-12-2-17(3-13-22)16-28-19-8-10-21(11-9-19)29-20-6-4-18(5-7-20)23(25)14-15-24/h2-13,15,24-25H,14,16H2,1H3. The number of nitrogens with one attached hydrogen (secondary N) is 2. The Kier molecular flexibility index (Phi) is 6.64. The third-order valence-corrected chi connectivity index (χ3v) is 5.45. The summed E-state index contributed by atoms with van der Waals surface area (Å²) in [5.41, 5.74) is 2.03. The summed E-state index contributed by atoms with van der Waals surface area (Å²) in [5.74, 6) is 1.98. The molecule has 0 amide bonds. The van der Waals surface area contributed by atoms with Crippen LogP contribution in [0.15, 0.2) is 77.7 Å². The van der Waals surface area contributed by atoms with Crippen molar-refractivity contribution in [3.63, 3.8) is 0 Å². The van der Waals surface area contributed by atoms with E-state index >= 15 is 0 Å². The Balaban J connectivity index is 1.56. The third kappa shape index (κ3) is 5.78. The monoisotopic (exact) mass is 422 g/mol. The Bertz CT molecular complexity index is 1120. The molecule has 0 spiro atoms. The minimum atomic E-state index is -3.20. The lowest BCUT2D eigenvalue weighted by atomic mass is 10.1. The zero-order valence-electron chi connectivity index (χ0n) is 16.5. The van der Waals surface area contributed by atoms with Gasteiger partial charge in [-0.05, 0) is 71.8 Å². The zero-order valence-corrected chi connectivity index (χ0v) is 17.3. The van der Waals surface area contributed by atoms with Crippen LogP contribution in [0.2, 0.25) is 0 Å². The number of hydrogen-bond donors (Lipinski definition) is 2. The lowest BCUT2D eigenvalue weighted by molar-refractivity contribution is 0.305. The quantitative estimate of drug-likeness (QED) is 0.481. The number of rotatable bonds is 9. The summed E-state index contributed by atoms with van der Waals surface area (Å²) in [5, 5.41) is 14.9. The molecule has 154 valence electrons. The average molecular weight is 423 g/mol. The largest absolute Gasteiger partial charge is 0.489 e. The van der Waals surface area contributed by atoms with Gasteiger partial charge in [0.25, 0.3) is 0 Å². The smallest absolute Gasteiger partial charge is 0.175 e. The van der Waals surface area contributed by atoms with E-state index in [4.69, 9.17) is 20.3 Å². The number of hydrogen-bond acceptors (Lipinski definition) is 6. The first-order valence-electron chi connectivity index (χ1n) is 9.21. The molecule has 0 atom stereocenters. The molecule has 0 heterocycles. The molecule has 0 saturated heterocycles. The van der Waals surface area contributed by atoms with E-state index in [1.165, 1.54) is 12.5 Å². The highest BCUT2D eigenvalue weighted by atomic mass is 32.2. The zero-order chi connectivity index (χ0) is 21.6. The predicted molar refractivity (Wildman–Crippen MR) is 117 cm³/mol. The molecule has 0 fully saturated rings. The van der Waals surface area contributed by atoms with Crippen LogP contribution in [0, 0.1) is 10.8 Å². The van der Waals surface area contributed by atoms with Gasteiger partial charge in [0.1, 0.15) is 23.9 Å². The lowest BCUT2D eigenvalue weighted by Gasteiger charge is -2.09. The van der Waals surface area contributed by atoms with Gasteiger partial charge < -0.3 is 20.3 Å². The Hall–Kier alpha value is -3.45. The number of ether oxygens (including phenoxy) is 2. The maximum atomic E-state index is 11.5. The molecule has 2 N–H and O–H groups in total. The van der Waals surface area contributed by atoms with Crippen LogP contribution in [0.5, 0.6) is 17.2 Å². The summed E-state index contributed by atoms with van der Waals surface area (Å²) in [6.45, 7) is 0.327. The lowest BCUT2D eigenvalue weighted by Crippen LogP contribution is -1.99. The summed E-state index contributed by atoms with van der Waals surface area (Å²) in [6.07, 6.45) is 2.70. The van der Waals surface area contributed by atoms with Crippen LogP contribution in [0.25, 0.3) is 0 Å². The molecule has 0 bridgehead atoms. The van der Waals surface area contributed by atoms with Gasteiger partial charge in [-0.3, -0.25) is 0 Å². The van der Waals surface area contributed by atoms with Gasteiger partial charge in [-0.2, -0.15) is 0 Å². The van der Waals surface area contributed by atoms with Gasteiger partial charge in [0.15, 0.2) is 9.84 Å². The van der Waals surface area contributed by atoms with Gasteiger partial charge in [0.2, 0.25) is 0 Å². The predicted octanol–water partition coefficient (Wildman–Crippen LogP) is 4.87. The normalized spacial score (nSPS) is 11.0. The number of benzene rings is 3. The number of sulfone groups is 1. The van der Waals surface area contributed by atoms with E-state index < -0.39 is 9.84 Å². The molecule has 0 saturated carbocycles. The first-order valence-corrected chi connectivity index (χ1v) is 11.1. The Morgan fingerprint density at radius 2 is 1.40 bits per heavy atom. The van der Waals surface area contributed by atoms with E-state index in [0.717, 1.165) is 11.1 Å². The molecular weight excluding hydrogens is 400 g/mol. The molecule has 3 aromatic rings. The Morgan fingerprint density at radius 1 is 0.867 bits per heavy atom. The van der Waals surface area contributed by atoms with Crippen molar-refractivity contribution in [2.24, 2.45) is 0 Å². The molecule has 0 aliphatic heterocycles. The fourth-order valence-electron chi connectivity index (χ4n) is 2.68. The van der Waals surface area contributed by atoms with Crippen LogP contribution >= 0.6 is 0 Å². The molecule has 7 heteroatoms. The third-order valence-electron chi connectivity index (χ3n) is 4.33. The molecular formula is C23H22N2O4S. The van der Waals surface area contributed by atoms with Crippen molar-refractivity contribution < 1.29 is 17.9 Å². The fraction of sp³-hybridized carbons (Fsp3) is 0.130. The second-order valence-electron chi connectivity index (χ2n) is 6.69. The first kappa shape index (κ1) is 21.3. The molecule has 0 radical (unpaired) electrons. The molecule has 0 unspecified atom stereocenters. The van der Waals surface area contributed by atoms with Gasteiger partial charge >= 0.3 is 0 Å². The topological polar surface area (TPSA) is 100 Å². The molecule has 30 heavy (non-hydrogen) atoms. The molecule has 0 aromatic heterocycles. The van der Waals surface area contributed by atoms with Crippen molar-refractivity contribution in [2.75, 3.05) is 6.26 Å². The molecule has 0 aliphatic carbocycles. The van der Waals surface area contributed by atoms with Gasteiger partial charge in [0.05, 0.1) is 4.90 Å².